The smallest absolute Gasteiger partial charge is 0.242 e. The number of carbonyl (C=O) groups excluding carboxylic acids is 2. The lowest BCUT2D eigenvalue weighted by Crippen LogP contribution is -2.52. The Hall–Kier alpha value is -1.15. The van der Waals surface area contributed by atoms with Gasteiger partial charge in [0, 0.05) is 24.8 Å². The third-order valence-electron chi connectivity index (χ3n) is 4.15. The summed E-state index contributed by atoms with van der Waals surface area (Å²) in [5, 5.41) is 11.9. The second kappa shape index (κ2) is 7.61. The number of thioether (sulfide) groups is 1. The summed E-state index contributed by atoms with van der Waals surface area (Å²) in [5.74, 6) is 1.12. The Morgan fingerprint density at radius 2 is 2.13 bits per heavy atom. The van der Waals surface area contributed by atoms with Crippen LogP contribution in [0, 0.1) is 12.8 Å². The molecule has 0 spiro atoms. The van der Waals surface area contributed by atoms with Crippen LogP contribution in [0.25, 0.3) is 0 Å². The van der Waals surface area contributed by atoms with Crippen LogP contribution in [0.15, 0.2) is 4.34 Å². The number of amides is 2. The number of piperidine rings is 1. The van der Waals surface area contributed by atoms with Crippen molar-refractivity contribution in [2.75, 3.05) is 18.8 Å². The molecule has 1 aliphatic carbocycles. The molecular weight excluding hydrogens is 332 g/mol. The fourth-order valence-electron chi connectivity index (χ4n) is 2.80. The average Bonchev–Trinajstić information content (AvgIpc) is 3.33. The number of nitrogens with one attached hydrogen (secondary N) is 1. The van der Waals surface area contributed by atoms with Crippen molar-refractivity contribution < 1.29 is 9.59 Å². The molecule has 0 aromatic carbocycles. The number of carbonyl (C=O) groups is 2. The highest BCUT2D eigenvalue weighted by atomic mass is 32.2. The van der Waals surface area contributed by atoms with Crippen LogP contribution < -0.4 is 5.32 Å². The number of rotatable bonds is 6. The molecule has 0 bridgehead atoms. The van der Waals surface area contributed by atoms with Crippen LogP contribution in [0.5, 0.6) is 0 Å². The van der Waals surface area contributed by atoms with E-state index in [9.17, 15) is 9.59 Å². The van der Waals surface area contributed by atoms with Gasteiger partial charge in [-0.1, -0.05) is 23.1 Å². The minimum absolute atomic E-state index is 0.00672. The normalized spacial score (nSPS) is 21.3. The molecule has 3 rings (SSSR count). The second-order valence-corrected chi connectivity index (χ2v) is 8.57. The van der Waals surface area contributed by atoms with Gasteiger partial charge in [-0.05, 0) is 39.0 Å². The van der Waals surface area contributed by atoms with Crippen molar-refractivity contribution in [2.45, 2.75) is 49.4 Å². The van der Waals surface area contributed by atoms with E-state index < -0.39 is 0 Å². The molecule has 23 heavy (non-hydrogen) atoms. The maximum atomic E-state index is 12.4. The predicted molar refractivity (Wildman–Crippen MR) is 90.5 cm³/mol. The monoisotopic (exact) mass is 354 g/mol. The first kappa shape index (κ1) is 16.7. The molecule has 8 heteroatoms. The molecule has 6 nitrogen and oxygen atoms in total. The van der Waals surface area contributed by atoms with Crippen molar-refractivity contribution in [2.24, 2.45) is 5.92 Å². The Balaban J connectivity index is 1.45. The topological polar surface area (TPSA) is 75.2 Å². The van der Waals surface area contributed by atoms with Crippen LogP contribution in [0.3, 0.4) is 0 Å². The summed E-state index contributed by atoms with van der Waals surface area (Å²) in [6.45, 7) is 3.24. The Morgan fingerprint density at radius 3 is 2.83 bits per heavy atom. The third-order valence-corrected chi connectivity index (χ3v) is 6.12. The zero-order valence-corrected chi connectivity index (χ0v) is 14.9. The number of hydrogen-bond acceptors (Lipinski definition) is 6. The molecular formula is C15H22N4O2S2. The minimum atomic E-state index is -0.273. The van der Waals surface area contributed by atoms with Gasteiger partial charge in [-0.25, -0.2) is 0 Å². The molecule has 1 aliphatic heterocycles. The van der Waals surface area contributed by atoms with Crippen LogP contribution in [-0.4, -0.2) is 51.8 Å². The van der Waals surface area contributed by atoms with Gasteiger partial charge in [0.15, 0.2) is 4.34 Å². The first-order valence-corrected chi connectivity index (χ1v) is 9.96. The highest BCUT2D eigenvalue weighted by molar-refractivity contribution is 8.01. The second-order valence-electron chi connectivity index (χ2n) is 6.04. The minimum Gasteiger partial charge on any atom is -0.353 e. The van der Waals surface area contributed by atoms with Gasteiger partial charge in [0.1, 0.15) is 11.0 Å². The van der Waals surface area contributed by atoms with E-state index in [2.05, 4.69) is 15.5 Å². The summed E-state index contributed by atoms with van der Waals surface area (Å²) in [6.07, 6.45) is 4.79. The Kier molecular flexibility index (Phi) is 5.53. The van der Waals surface area contributed by atoms with Gasteiger partial charge in [-0.2, -0.15) is 0 Å². The van der Waals surface area contributed by atoms with E-state index in [1.807, 2.05) is 11.8 Å². The van der Waals surface area contributed by atoms with Crippen molar-refractivity contribution in [3.05, 3.63) is 5.01 Å². The zero-order valence-electron chi connectivity index (χ0n) is 13.3. The van der Waals surface area contributed by atoms with Crippen molar-refractivity contribution >= 4 is 34.9 Å². The molecule has 2 heterocycles. The Labute approximate surface area is 144 Å². The van der Waals surface area contributed by atoms with Crippen molar-refractivity contribution in [3.63, 3.8) is 0 Å². The van der Waals surface area contributed by atoms with Gasteiger partial charge in [-0.3, -0.25) is 9.59 Å². The maximum Gasteiger partial charge on any atom is 0.242 e. The van der Waals surface area contributed by atoms with Crippen LogP contribution in [0.4, 0.5) is 0 Å². The highest BCUT2D eigenvalue weighted by Gasteiger charge is 2.39. The molecule has 1 aromatic heterocycles. The average molecular weight is 355 g/mol. The standard InChI is InChI=1S/C15H22N4O2S2/c1-10-17-18-15(23-10)22-9-7-16-13(20)12-4-2-3-8-19(12)14(21)11-5-6-11/h11-12H,2-9H2,1H3,(H,16,20)/t12-/m1/s1. The van der Waals surface area contributed by atoms with E-state index in [4.69, 9.17) is 0 Å². The number of likely N-dealkylation sites (tertiary alicyclic amines) is 1. The Bertz CT molecular complexity index is 574. The fourth-order valence-corrected chi connectivity index (χ4v) is 4.54. The summed E-state index contributed by atoms with van der Waals surface area (Å²) in [6, 6.07) is -0.273. The van der Waals surface area contributed by atoms with Crippen LogP contribution in [0.2, 0.25) is 0 Å². The number of aromatic nitrogens is 2. The molecule has 0 unspecified atom stereocenters. The van der Waals surface area contributed by atoms with Crippen LogP contribution in [-0.2, 0) is 9.59 Å². The molecule has 1 atom stereocenters. The van der Waals surface area contributed by atoms with Gasteiger partial charge in [0.25, 0.3) is 0 Å². The van der Waals surface area contributed by atoms with Crippen LogP contribution >= 0.6 is 23.1 Å². The predicted octanol–water partition coefficient (Wildman–Crippen LogP) is 1.85. The lowest BCUT2D eigenvalue weighted by Gasteiger charge is -2.34. The quantitative estimate of drug-likeness (QED) is 0.623. The highest BCUT2D eigenvalue weighted by Crippen LogP contribution is 2.33. The van der Waals surface area contributed by atoms with Gasteiger partial charge < -0.3 is 10.2 Å². The number of hydrogen-bond donors (Lipinski definition) is 1. The van der Waals surface area contributed by atoms with Gasteiger partial charge in [0.05, 0.1) is 0 Å². The van der Waals surface area contributed by atoms with E-state index in [1.54, 1.807) is 23.1 Å². The first-order chi connectivity index (χ1) is 11.1. The lowest BCUT2D eigenvalue weighted by molar-refractivity contribution is -0.143. The van der Waals surface area contributed by atoms with Crippen molar-refractivity contribution in [1.29, 1.82) is 0 Å². The summed E-state index contributed by atoms with van der Waals surface area (Å²) in [5.41, 5.74) is 0. The molecule has 1 aromatic rings. The van der Waals surface area contributed by atoms with E-state index >= 15 is 0 Å². The molecule has 1 saturated heterocycles. The summed E-state index contributed by atoms with van der Waals surface area (Å²) in [4.78, 5) is 26.6. The van der Waals surface area contributed by atoms with Crippen LogP contribution in [0.1, 0.15) is 37.1 Å². The summed E-state index contributed by atoms with van der Waals surface area (Å²) in [7, 11) is 0. The van der Waals surface area contributed by atoms with E-state index in [-0.39, 0.29) is 23.8 Å². The van der Waals surface area contributed by atoms with Gasteiger partial charge in [-0.15, -0.1) is 10.2 Å². The van der Waals surface area contributed by atoms with Gasteiger partial charge in [0.2, 0.25) is 11.8 Å². The molecule has 2 fully saturated rings. The first-order valence-electron chi connectivity index (χ1n) is 8.16. The summed E-state index contributed by atoms with van der Waals surface area (Å²) >= 11 is 3.17. The maximum absolute atomic E-state index is 12.4. The third kappa shape index (κ3) is 4.44. The molecule has 2 amide bonds. The summed E-state index contributed by atoms with van der Waals surface area (Å²) < 4.78 is 0.931. The fraction of sp³-hybridized carbons (Fsp3) is 0.733. The molecule has 2 aliphatic rings. The zero-order chi connectivity index (χ0) is 16.2. The largest absolute Gasteiger partial charge is 0.353 e. The number of nitrogens with zero attached hydrogens (tertiary/aromatic N) is 3. The van der Waals surface area contributed by atoms with E-state index in [1.165, 1.54) is 0 Å². The van der Waals surface area contributed by atoms with Crippen molar-refractivity contribution in [3.8, 4) is 0 Å². The lowest BCUT2D eigenvalue weighted by atomic mass is 10.0. The SMILES string of the molecule is Cc1nnc(SCCNC(=O)[C@H]2CCCCN2C(=O)C2CC2)s1. The van der Waals surface area contributed by atoms with Crippen molar-refractivity contribution in [1.82, 2.24) is 20.4 Å². The number of aryl methyl sites for hydroxylation is 1. The van der Waals surface area contributed by atoms with Gasteiger partial charge >= 0.3 is 0 Å². The molecule has 0 radical (unpaired) electrons. The Morgan fingerprint density at radius 1 is 1.30 bits per heavy atom. The van der Waals surface area contributed by atoms with E-state index in [0.717, 1.165) is 53.7 Å². The molecule has 1 N–H and O–H groups in total. The van der Waals surface area contributed by atoms with E-state index in [0.29, 0.717) is 6.54 Å². The molecule has 1 saturated carbocycles. The molecule has 126 valence electrons.